The fraction of sp³-hybridized carbons (Fsp3) is 0.364. The first-order valence-electron chi connectivity index (χ1n) is 4.99. The molecule has 0 spiro atoms. The van der Waals surface area contributed by atoms with Crippen LogP contribution in [0, 0.1) is 12.7 Å². The third-order valence-electron chi connectivity index (χ3n) is 2.34. The predicted molar refractivity (Wildman–Crippen MR) is 63.5 cm³/mol. The lowest BCUT2D eigenvalue weighted by atomic mass is 10.2. The van der Waals surface area contributed by atoms with Crippen molar-refractivity contribution in [2.45, 2.75) is 25.8 Å². The van der Waals surface area contributed by atoms with Crippen molar-refractivity contribution < 1.29 is 4.39 Å². The molecule has 1 aromatic carbocycles. The van der Waals surface area contributed by atoms with Gasteiger partial charge in [0.05, 0.1) is 0 Å². The highest BCUT2D eigenvalue weighted by molar-refractivity contribution is 7.80. The average molecular weight is 224 g/mol. The number of thiocarbonyl (C=S) groups is 1. The lowest BCUT2D eigenvalue weighted by Crippen LogP contribution is -2.30. The minimum Gasteiger partial charge on any atom is -0.360 e. The molecular formula is C11H13FN2S. The second-order valence-corrected chi connectivity index (χ2v) is 4.24. The van der Waals surface area contributed by atoms with E-state index in [4.69, 9.17) is 12.2 Å². The maximum atomic E-state index is 13.2. The number of benzene rings is 1. The normalized spacial score (nSPS) is 14.8. The van der Waals surface area contributed by atoms with Crippen LogP contribution in [-0.4, -0.2) is 11.2 Å². The molecule has 0 aromatic heterocycles. The molecule has 0 atom stereocenters. The molecule has 80 valence electrons. The summed E-state index contributed by atoms with van der Waals surface area (Å²) in [6.45, 7) is 1.74. The molecule has 15 heavy (non-hydrogen) atoms. The Morgan fingerprint density at radius 2 is 2.20 bits per heavy atom. The van der Waals surface area contributed by atoms with Crippen LogP contribution in [0.25, 0.3) is 0 Å². The average Bonchev–Trinajstić information content (AvgIpc) is 2.95. The molecule has 0 heterocycles. The number of anilines is 1. The Kier molecular flexibility index (Phi) is 2.86. The predicted octanol–water partition coefficient (Wildman–Crippen LogP) is 2.58. The first kappa shape index (κ1) is 10.4. The van der Waals surface area contributed by atoms with Crippen molar-refractivity contribution in [2.75, 3.05) is 5.32 Å². The van der Waals surface area contributed by atoms with Crippen LogP contribution >= 0.6 is 12.2 Å². The van der Waals surface area contributed by atoms with Gasteiger partial charge in [0, 0.05) is 11.7 Å². The summed E-state index contributed by atoms with van der Waals surface area (Å²) >= 11 is 5.08. The SMILES string of the molecule is Cc1ccc(NC(=S)NC2CC2)cc1F. The van der Waals surface area contributed by atoms with Crippen LogP contribution in [-0.2, 0) is 0 Å². The third-order valence-corrected chi connectivity index (χ3v) is 2.56. The molecule has 0 bridgehead atoms. The van der Waals surface area contributed by atoms with Gasteiger partial charge in [-0.1, -0.05) is 6.07 Å². The van der Waals surface area contributed by atoms with Crippen molar-refractivity contribution >= 4 is 23.0 Å². The van der Waals surface area contributed by atoms with Crippen LogP contribution < -0.4 is 10.6 Å². The third kappa shape index (κ3) is 2.89. The first-order chi connectivity index (χ1) is 7.15. The van der Waals surface area contributed by atoms with Crippen LogP contribution in [0.15, 0.2) is 18.2 Å². The Morgan fingerprint density at radius 1 is 1.47 bits per heavy atom. The number of nitrogens with one attached hydrogen (secondary N) is 2. The van der Waals surface area contributed by atoms with Gasteiger partial charge in [0.25, 0.3) is 0 Å². The smallest absolute Gasteiger partial charge is 0.170 e. The molecule has 2 nitrogen and oxygen atoms in total. The fourth-order valence-electron chi connectivity index (χ4n) is 1.25. The van der Waals surface area contributed by atoms with E-state index in [1.54, 1.807) is 13.0 Å². The number of hydrogen-bond donors (Lipinski definition) is 2. The van der Waals surface area contributed by atoms with E-state index in [9.17, 15) is 4.39 Å². The van der Waals surface area contributed by atoms with Gasteiger partial charge in [0.1, 0.15) is 5.82 Å². The molecule has 1 fully saturated rings. The second kappa shape index (κ2) is 4.14. The topological polar surface area (TPSA) is 24.1 Å². The number of rotatable bonds is 2. The monoisotopic (exact) mass is 224 g/mol. The molecule has 1 aromatic rings. The molecule has 1 saturated carbocycles. The van der Waals surface area contributed by atoms with Crippen LogP contribution in [0.5, 0.6) is 0 Å². The maximum absolute atomic E-state index is 13.2. The largest absolute Gasteiger partial charge is 0.360 e. The van der Waals surface area contributed by atoms with Gasteiger partial charge in [-0.25, -0.2) is 4.39 Å². The molecule has 0 radical (unpaired) electrons. The van der Waals surface area contributed by atoms with Crippen molar-refractivity contribution in [3.05, 3.63) is 29.6 Å². The molecular weight excluding hydrogens is 211 g/mol. The van der Waals surface area contributed by atoms with Gasteiger partial charge in [-0.05, 0) is 49.7 Å². The van der Waals surface area contributed by atoms with Crippen LogP contribution in [0.1, 0.15) is 18.4 Å². The zero-order valence-electron chi connectivity index (χ0n) is 8.51. The van der Waals surface area contributed by atoms with Gasteiger partial charge in [-0.2, -0.15) is 0 Å². The van der Waals surface area contributed by atoms with E-state index >= 15 is 0 Å². The molecule has 1 aliphatic carbocycles. The van der Waals surface area contributed by atoms with E-state index in [0.717, 1.165) is 0 Å². The van der Waals surface area contributed by atoms with Gasteiger partial charge in [-0.3, -0.25) is 0 Å². The van der Waals surface area contributed by atoms with E-state index < -0.39 is 0 Å². The maximum Gasteiger partial charge on any atom is 0.170 e. The standard InChI is InChI=1S/C11H13FN2S/c1-7-2-3-9(6-10(7)12)14-11(15)13-8-4-5-8/h2-3,6,8H,4-5H2,1H3,(H2,13,14,15). The van der Waals surface area contributed by atoms with Crippen LogP contribution in [0.4, 0.5) is 10.1 Å². The highest BCUT2D eigenvalue weighted by Gasteiger charge is 2.21. The molecule has 4 heteroatoms. The van der Waals surface area contributed by atoms with E-state index in [2.05, 4.69) is 10.6 Å². The lowest BCUT2D eigenvalue weighted by Gasteiger charge is -2.09. The quantitative estimate of drug-likeness (QED) is 0.755. The minimum absolute atomic E-state index is 0.214. The molecule has 1 aliphatic rings. The van der Waals surface area contributed by atoms with Crippen molar-refractivity contribution in [3.8, 4) is 0 Å². The van der Waals surface area contributed by atoms with E-state index in [-0.39, 0.29) is 5.82 Å². The molecule has 0 unspecified atom stereocenters. The summed E-state index contributed by atoms with van der Waals surface area (Å²) in [6, 6.07) is 5.52. The number of aryl methyl sites for hydroxylation is 1. The lowest BCUT2D eigenvalue weighted by molar-refractivity contribution is 0.619. The van der Waals surface area contributed by atoms with E-state index in [1.807, 2.05) is 6.07 Å². The number of halogens is 1. The first-order valence-corrected chi connectivity index (χ1v) is 5.39. The van der Waals surface area contributed by atoms with Crippen molar-refractivity contribution in [2.24, 2.45) is 0 Å². The Bertz CT molecular complexity index is 388. The summed E-state index contributed by atoms with van der Waals surface area (Å²) in [7, 11) is 0. The van der Waals surface area contributed by atoms with E-state index in [0.29, 0.717) is 22.4 Å². The van der Waals surface area contributed by atoms with Gasteiger partial charge < -0.3 is 10.6 Å². The van der Waals surface area contributed by atoms with E-state index in [1.165, 1.54) is 18.9 Å². The van der Waals surface area contributed by atoms with Crippen molar-refractivity contribution in [3.63, 3.8) is 0 Å². The molecule has 0 amide bonds. The molecule has 2 N–H and O–H groups in total. The summed E-state index contributed by atoms with van der Waals surface area (Å²) in [5.41, 5.74) is 1.33. The summed E-state index contributed by atoms with van der Waals surface area (Å²) in [6.07, 6.45) is 2.34. The second-order valence-electron chi connectivity index (χ2n) is 3.84. The van der Waals surface area contributed by atoms with Crippen LogP contribution in [0.2, 0.25) is 0 Å². The summed E-state index contributed by atoms with van der Waals surface area (Å²) in [4.78, 5) is 0. The summed E-state index contributed by atoms with van der Waals surface area (Å²) in [5, 5.41) is 6.67. The zero-order valence-corrected chi connectivity index (χ0v) is 9.33. The Balaban J connectivity index is 1.97. The van der Waals surface area contributed by atoms with Crippen LogP contribution in [0.3, 0.4) is 0 Å². The highest BCUT2D eigenvalue weighted by Crippen LogP contribution is 2.19. The van der Waals surface area contributed by atoms with Crippen molar-refractivity contribution in [1.29, 1.82) is 0 Å². The molecule has 0 saturated heterocycles. The highest BCUT2D eigenvalue weighted by atomic mass is 32.1. The van der Waals surface area contributed by atoms with Gasteiger partial charge >= 0.3 is 0 Å². The van der Waals surface area contributed by atoms with Gasteiger partial charge in [0.15, 0.2) is 5.11 Å². The Morgan fingerprint density at radius 3 is 2.80 bits per heavy atom. The molecule has 2 rings (SSSR count). The van der Waals surface area contributed by atoms with Gasteiger partial charge in [-0.15, -0.1) is 0 Å². The molecule has 0 aliphatic heterocycles. The Labute approximate surface area is 93.9 Å². The fourth-order valence-corrected chi connectivity index (χ4v) is 1.54. The zero-order chi connectivity index (χ0) is 10.8. The van der Waals surface area contributed by atoms with Gasteiger partial charge in [0.2, 0.25) is 0 Å². The minimum atomic E-state index is -0.214. The number of hydrogen-bond acceptors (Lipinski definition) is 1. The summed E-state index contributed by atoms with van der Waals surface area (Å²) < 4.78 is 13.2. The van der Waals surface area contributed by atoms with Crippen molar-refractivity contribution in [1.82, 2.24) is 5.32 Å². The Hall–Kier alpha value is -1.16. The summed E-state index contributed by atoms with van der Waals surface area (Å²) in [5.74, 6) is -0.214.